The van der Waals surface area contributed by atoms with E-state index in [9.17, 15) is 4.79 Å². The first kappa shape index (κ1) is 16.8. The van der Waals surface area contributed by atoms with Crippen molar-refractivity contribution in [1.29, 1.82) is 0 Å². The highest BCUT2D eigenvalue weighted by molar-refractivity contribution is 5.95. The van der Waals surface area contributed by atoms with Gasteiger partial charge in [0.15, 0.2) is 0 Å². The molecule has 4 rings (SSSR count). The third-order valence-corrected chi connectivity index (χ3v) is 5.30. The van der Waals surface area contributed by atoms with Crippen LogP contribution in [0.25, 0.3) is 0 Å². The van der Waals surface area contributed by atoms with Gasteiger partial charge in [0.25, 0.3) is 5.91 Å². The van der Waals surface area contributed by atoms with Crippen molar-refractivity contribution in [1.82, 2.24) is 10.3 Å². The molecule has 0 saturated carbocycles. The monoisotopic (exact) mass is 347 g/mol. The van der Waals surface area contributed by atoms with E-state index in [0.29, 0.717) is 12.1 Å². The molecular formula is C22H25N3O. The number of nitrogens with zero attached hydrogens (tertiary/aromatic N) is 2. The molecule has 4 heteroatoms. The summed E-state index contributed by atoms with van der Waals surface area (Å²) in [4.78, 5) is 19.1. The molecule has 134 valence electrons. The van der Waals surface area contributed by atoms with Crippen LogP contribution in [-0.4, -0.2) is 24.0 Å². The van der Waals surface area contributed by atoms with Crippen molar-refractivity contribution in [3.63, 3.8) is 0 Å². The first-order valence-electron chi connectivity index (χ1n) is 9.58. The van der Waals surface area contributed by atoms with Crippen LogP contribution >= 0.6 is 0 Å². The van der Waals surface area contributed by atoms with Crippen LogP contribution in [0.2, 0.25) is 0 Å². The highest BCUT2D eigenvalue weighted by Crippen LogP contribution is 2.34. The van der Waals surface area contributed by atoms with Gasteiger partial charge < -0.3 is 10.2 Å². The second-order valence-corrected chi connectivity index (χ2v) is 7.08. The molecule has 2 heterocycles. The number of carbonyl (C=O) groups excluding carboxylic acids is 1. The minimum atomic E-state index is -0.0387. The number of anilines is 2. The van der Waals surface area contributed by atoms with E-state index in [1.165, 1.54) is 42.5 Å². The average molecular weight is 347 g/mol. The molecule has 1 aromatic carbocycles. The number of hydrogen-bond donors (Lipinski definition) is 1. The topological polar surface area (TPSA) is 45.2 Å². The van der Waals surface area contributed by atoms with Gasteiger partial charge in [-0.1, -0.05) is 29.8 Å². The Morgan fingerprint density at radius 3 is 2.96 bits per heavy atom. The number of benzene rings is 1. The molecule has 26 heavy (non-hydrogen) atoms. The molecule has 1 N–H and O–H groups in total. The van der Waals surface area contributed by atoms with E-state index in [-0.39, 0.29) is 5.91 Å². The smallest absolute Gasteiger partial charge is 0.252 e. The molecule has 0 atom stereocenters. The van der Waals surface area contributed by atoms with E-state index in [2.05, 4.69) is 45.5 Å². The lowest BCUT2D eigenvalue weighted by Crippen LogP contribution is -2.25. The first-order valence-corrected chi connectivity index (χ1v) is 9.58. The van der Waals surface area contributed by atoms with Crippen LogP contribution in [0, 0.1) is 0 Å². The van der Waals surface area contributed by atoms with E-state index in [1.54, 1.807) is 6.20 Å². The van der Waals surface area contributed by atoms with Gasteiger partial charge in [-0.15, -0.1) is 0 Å². The molecule has 0 spiro atoms. The van der Waals surface area contributed by atoms with Crippen molar-refractivity contribution in [2.75, 3.05) is 18.0 Å². The molecule has 4 nitrogen and oxygen atoms in total. The van der Waals surface area contributed by atoms with Gasteiger partial charge in [0.1, 0.15) is 0 Å². The summed E-state index contributed by atoms with van der Waals surface area (Å²) in [6.07, 6.45) is 12.8. The second-order valence-electron chi connectivity index (χ2n) is 7.08. The van der Waals surface area contributed by atoms with E-state index >= 15 is 0 Å². The van der Waals surface area contributed by atoms with Crippen molar-refractivity contribution in [2.24, 2.45) is 0 Å². The summed E-state index contributed by atoms with van der Waals surface area (Å²) in [5.41, 5.74) is 5.67. The molecule has 1 aliphatic heterocycles. The van der Waals surface area contributed by atoms with Crippen molar-refractivity contribution in [3.8, 4) is 0 Å². The summed E-state index contributed by atoms with van der Waals surface area (Å²) in [5.74, 6) is -0.0387. The fourth-order valence-corrected chi connectivity index (χ4v) is 3.88. The van der Waals surface area contributed by atoms with Crippen LogP contribution in [0.15, 0.2) is 54.4 Å². The first-order chi connectivity index (χ1) is 12.8. The number of carbonyl (C=O) groups is 1. The van der Waals surface area contributed by atoms with Crippen LogP contribution in [0.5, 0.6) is 0 Å². The lowest BCUT2D eigenvalue weighted by Gasteiger charge is -2.19. The van der Waals surface area contributed by atoms with E-state index in [4.69, 9.17) is 0 Å². The minimum absolute atomic E-state index is 0.0387. The molecule has 0 bridgehead atoms. The van der Waals surface area contributed by atoms with Gasteiger partial charge in [0.2, 0.25) is 0 Å². The van der Waals surface area contributed by atoms with Crippen LogP contribution in [-0.2, 0) is 6.42 Å². The number of nitrogens with one attached hydrogen (secondary N) is 1. The number of pyridine rings is 1. The maximum Gasteiger partial charge on any atom is 0.252 e. The molecule has 1 amide bonds. The van der Waals surface area contributed by atoms with Gasteiger partial charge in [-0.25, -0.2) is 0 Å². The number of hydrogen-bond acceptors (Lipinski definition) is 3. The van der Waals surface area contributed by atoms with Crippen molar-refractivity contribution in [2.45, 2.75) is 38.5 Å². The van der Waals surface area contributed by atoms with Crippen molar-refractivity contribution < 1.29 is 4.79 Å². The summed E-state index contributed by atoms with van der Waals surface area (Å²) in [6, 6.07) is 10.4. The average Bonchev–Trinajstić information content (AvgIpc) is 3.13. The molecule has 1 aromatic heterocycles. The Labute approximate surface area is 154 Å². The maximum atomic E-state index is 12.5. The molecule has 2 aromatic rings. The minimum Gasteiger partial charge on any atom is -0.352 e. The van der Waals surface area contributed by atoms with Crippen LogP contribution in [0.3, 0.4) is 0 Å². The van der Waals surface area contributed by atoms with Crippen LogP contribution in [0.1, 0.15) is 48.0 Å². The molecule has 1 aliphatic carbocycles. The summed E-state index contributed by atoms with van der Waals surface area (Å²) in [5, 5.41) is 3.04. The fourth-order valence-electron chi connectivity index (χ4n) is 3.88. The Morgan fingerprint density at radius 2 is 2.08 bits per heavy atom. The van der Waals surface area contributed by atoms with Gasteiger partial charge in [-0.3, -0.25) is 9.78 Å². The van der Waals surface area contributed by atoms with Crippen LogP contribution < -0.4 is 10.2 Å². The van der Waals surface area contributed by atoms with Crippen molar-refractivity contribution >= 4 is 17.3 Å². The summed E-state index contributed by atoms with van der Waals surface area (Å²) in [6.45, 7) is 1.63. The van der Waals surface area contributed by atoms with Gasteiger partial charge in [0.05, 0.1) is 17.4 Å². The number of allylic oxidation sites excluding steroid dienone is 1. The fraction of sp³-hybridized carbons (Fsp3) is 0.364. The highest BCUT2D eigenvalue weighted by atomic mass is 16.1. The third kappa shape index (κ3) is 3.64. The van der Waals surface area contributed by atoms with Gasteiger partial charge in [-0.2, -0.15) is 0 Å². The number of rotatable bonds is 5. The largest absolute Gasteiger partial charge is 0.352 e. The summed E-state index contributed by atoms with van der Waals surface area (Å²) >= 11 is 0. The number of amides is 1. The predicted molar refractivity (Wildman–Crippen MR) is 105 cm³/mol. The van der Waals surface area contributed by atoms with Gasteiger partial charge in [0, 0.05) is 25.0 Å². The molecule has 0 unspecified atom stereocenters. The second kappa shape index (κ2) is 7.73. The Hall–Kier alpha value is -2.62. The van der Waals surface area contributed by atoms with Crippen LogP contribution in [0.4, 0.5) is 11.4 Å². The predicted octanol–water partition coefficient (Wildman–Crippen LogP) is 4.40. The third-order valence-electron chi connectivity index (χ3n) is 5.30. The van der Waals surface area contributed by atoms with Gasteiger partial charge >= 0.3 is 0 Å². The number of fused-ring (bicyclic) bond motifs is 1. The van der Waals surface area contributed by atoms with Gasteiger partial charge in [-0.05, 0) is 56.2 Å². The Balaban J connectivity index is 1.41. The summed E-state index contributed by atoms with van der Waals surface area (Å²) < 4.78 is 0. The molecular weight excluding hydrogens is 322 g/mol. The molecule has 0 radical (unpaired) electrons. The highest BCUT2D eigenvalue weighted by Gasteiger charge is 2.20. The SMILES string of the molecule is O=C(NCCC1=CCCCC1)c1cncc(N2CCc3ccccc32)c1. The maximum absolute atomic E-state index is 12.5. The molecule has 0 fully saturated rings. The molecule has 2 aliphatic rings. The molecule has 0 saturated heterocycles. The zero-order chi connectivity index (χ0) is 17.8. The zero-order valence-corrected chi connectivity index (χ0v) is 15.1. The normalized spacial score (nSPS) is 16.2. The number of para-hydroxylation sites is 1. The Bertz CT molecular complexity index is 828. The summed E-state index contributed by atoms with van der Waals surface area (Å²) in [7, 11) is 0. The Morgan fingerprint density at radius 1 is 1.15 bits per heavy atom. The standard InChI is InChI=1S/C22H25N3O/c26-22(24-12-10-17-6-2-1-3-7-17)19-14-20(16-23-15-19)25-13-11-18-8-4-5-9-21(18)25/h4-6,8-9,14-16H,1-3,7,10-13H2,(H,24,26). The number of aromatic nitrogens is 1. The quantitative estimate of drug-likeness (QED) is 0.816. The van der Waals surface area contributed by atoms with E-state index in [1.807, 2.05) is 12.3 Å². The lowest BCUT2D eigenvalue weighted by atomic mass is 9.97. The van der Waals surface area contributed by atoms with Crippen molar-refractivity contribution in [3.05, 3.63) is 65.5 Å². The van der Waals surface area contributed by atoms with E-state index < -0.39 is 0 Å². The zero-order valence-electron chi connectivity index (χ0n) is 15.1. The Kier molecular flexibility index (Phi) is 5.00. The van der Waals surface area contributed by atoms with E-state index in [0.717, 1.165) is 25.1 Å². The lowest BCUT2D eigenvalue weighted by molar-refractivity contribution is 0.0953.